The van der Waals surface area contributed by atoms with Crippen LogP contribution in [0.3, 0.4) is 0 Å². The Morgan fingerprint density at radius 2 is 1.44 bits per heavy atom. The molecule has 0 radical (unpaired) electrons. The molecular formula is C21H21N5O. The summed E-state index contributed by atoms with van der Waals surface area (Å²) >= 11 is 0. The molecule has 0 saturated carbocycles. The zero-order valence-corrected chi connectivity index (χ0v) is 15.0. The Labute approximate surface area is 158 Å². The van der Waals surface area contributed by atoms with Gasteiger partial charge in [-0.25, -0.2) is 9.97 Å². The minimum Gasteiger partial charge on any atom is -0.353 e. The van der Waals surface area contributed by atoms with E-state index >= 15 is 0 Å². The smallest absolute Gasteiger partial charge is 0.274 e. The van der Waals surface area contributed by atoms with Gasteiger partial charge in [-0.05, 0) is 36.4 Å². The van der Waals surface area contributed by atoms with E-state index < -0.39 is 0 Å². The van der Waals surface area contributed by atoms with Crippen LogP contribution < -0.4 is 15.1 Å². The summed E-state index contributed by atoms with van der Waals surface area (Å²) in [7, 11) is 0. The fourth-order valence-corrected chi connectivity index (χ4v) is 3.15. The zero-order chi connectivity index (χ0) is 18.5. The molecule has 4 rings (SSSR count). The minimum atomic E-state index is -0.199. The largest absolute Gasteiger partial charge is 0.353 e. The third kappa shape index (κ3) is 4.06. The molecule has 0 atom stereocenters. The van der Waals surface area contributed by atoms with E-state index in [9.17, 15) is 4.79 Å². The van der Waals surface area contributed by atoms with E-state index in [2.05, 4.69) is 25.1 Å². The number of carbonyl (C=O) groups excluding carboxylic acids is 1. The Kier molecular flexibility index (Phi) is 4.96. The Morgan fingerprint density at radius 3 is 2.15 bits per heavy atom. The second kappa shape index (κ2) is 7.86. The van der Waals surface area contributed by atoms with E-state index in [4.69, 9.17) is 0 Å². The number of hydrogen-bond acceptors (Lipinski definition) is 5. The predicted molar refractivity (Wildman–Crippen MR) is 107 cm³/mol. The van der Waals surface area contributed by atoms with Crippen molar-refractivity contribution < 1.29 is 4.79 Å². The molecule has 1 fully saturated rings. The summed E-state index contributed by atoms with van der Waals surface area (Å²) in [6.45, 7) is 3.43. The fraction of sp³-hybridized carbons (Fsp3) is 0.190. The normalized spacial score (nSPS) is 14.1. The molecule has 27 heavy (non-hydrogen) atoms. The number of aromatic nitrogens is 2. The fourth-order valence-electron chi connectivity index (χ4n) is 3.15. The van der Waals surface area contributed by atoms with Crippen LogP contribution in [0.25, 0.3) is 0 Å². The molecule has 3 aromatic rings. The molecule has 0 spiro atoms. The van der Waals surface area contributed by atoms with Gasteiger partial charge in [0.1, 0.15) is 17.3 Å². The van der Waals surface area contributed by atoms with Crippen LogP contribution >= 0.6 is 0 Å². The number of nitrogens with one attached hydrogen (secondary N) is 1. The second-order valence-corrected chi connectivity index (χ2v) is 6.36. The average Bonchev–Trinajstić information content (AvgIpc) is 2.75. The molecule has 1 aliphatic rings. The van der Waals surface area contributed by atoms with Gasteiger partial charge < -0.3 is 15.1 Å². The van der Waals surface area contributed by atoms with E-state index in [1.54, 1.807) is 6.07 Å². The summed E-state index contributed by atoms with van der Waals surface area (Å²) in [5.74, 6) is 1.63. The first-order valence-corrected chi connectivity index (χ1v) is 9.04. The lowest BCUT2D eigenvalue weighted by Crippen LogP contribution is -2.47. The topological polar surface area (TPSA) is 61.4 Å². The number of carbonyl (C=O) groups is 1. The van der Waals surface area contributed by atoms with Gasteiger partial charge >= 0.3 is 0 Å². The van der Waals surface area contributed by atoms with Gasteiger partial charge in [0, 0.05) is 38.1 Å². The molecule has 1 saturated heterocycles. The Balaban J connectivity index is 1.42. The van der Waals surface area contributed by atoms with Crippen molar-refractivity contribution in [2.24, 2.45) is 0 Å². The molecule has 0 aliphatic carbocycles. The van der Waals surface area contributed by atoms with Gasteiger partial charge in [-0.2, -0.15) is 0 Å². The number of anilines is 3. The summed E-state index contributed by atoms with van der Waals surface area (Å²) in [4.78, 5) is 25.9. The van der Waals surface area contributed by atoms with E-state index in [0.29, 0.717) is 5.69 Å². The molecule has 1 aliphatic heterocycles. The quantitative estimate of drug-likeness (QED) is 0.776. The first kappa shape index (κ1) is 17.0. The van der Waals surface area contributed by atoms with Crippen molar-refractivity contribution in [3.05, 3.63) is 78.6 Å². The lowest BCUT2D eigenvalue weighted by Gasteiger charge is -2.36. The van der Waals surface area contributed by atoms with Crippen LogP contribution in [0, 0.1) is 0 Å². The van der Waals surface area contributed by atoms with Crippen LogP contribution in [-0.4, -0.2) is 42.1 Å². The predicted octanol–water partition coefficient (Wildman–Crippen LogP) is 3.06. The van der Waals surface area contributed by atoms with Gasteiger partial charge in [0.25, 0.3) is 5.91 Å². The Morgan fingerprint density at radius 1 is 0.778 bits per heavy atom. The molecular weight excluding hydrogens is 338 g/mol. The van der Waals surface area contributed by atoms with Crippen LogP contribution in [-0.2, 0) is 0 Å². The van der Waals surface area contributed by atoms with Crippen LogP contribution in [0.5, 0.6) is 0 Å². The highest BCUT2D eigenvalue weighted by molar-refractivity contribution is 6.03. The lowest BCUT2D eigenvalue weighted by atomic mass is 10.2. The molecule has 3 heterocycles. The number of benzene rings is 1. The lowest BCUT2D eigenvalue weighted by molar-refractivity contribution is 0.102. The SMILES string of the molecule is O=C(Nc1ccccc1)c1cccc(N2CCN(c3ccccn3)CC2)n1. The Hall–Kier alpha value is -3.41. The Bertz CT molecular complexity index is 893. The average molecular weight is 359 g/mol. The maximum atomic E-state index is 12.5. The van der Waals surface area contributed by atoms with Gasteiger partial charge in [-0.1, -0.05) is 30.3 Å². The van der Waals surface area contributed by atoms with Crippen molar-refractivity contribution in [1.29, 1.82) is 0 Å². The number of nitrogens with zero attached hydrogens (tertiary/aromatic N) is 4. The summed E-state index contributed by atoms with van der Waals surface area (Å²) in [5.41, 5.74) is 1.18. The van der Waals surface area contributed by atoms with Gasteiger partial charge in [0.2, 0.25) is 0 Å². The highest BCUT2D eigenvalue weighted by atomic mass is 16.1. The molecule has 1 N–H and O–H groups in total. The third-order valence-corrected chi connectivity index (χ3v) is 4.58. The molecule has 1 aromatic carbocycles. The van der Waals surface area contributed by atoms with Crippen molar-refractivity contribution >= 4 is 23.2 Å². The number of piperazine rings is 1. The molecule has 0 bridgehead atoms. The number of hydrogen-bond donors (Lipinski definition) is 1. The van der Waals surface area contributed by atoms with E-state index in [1.807, 2.05) is 66.9 Å². The van der Waals surface area contributed by atoms with Gasteiger partial charge in [0.15, 0.2) is 0 Å². The number of rotatable bonds is 4. The first-order chi connectivity index (χ1) is 13.3. The van der Waals surface area contributed by atoms with Gasteiger partial charge in [-0.3, -0.25) is 4.79 Å². The summed E-state index contributed by atoms with van der Waals surface area (Å²) < 4.78 is 0. The zero-order valence-electron chi connectivity index (χ0n) is 15.0. The highest BCUT2D eigenvalue weighted by Crippen LogP contribution is 2.18. The number of pyridine rings is 2. The highest BCUT2D eigenvalue weighted by Gasteiger charge is 2.19. The second-order valence-electron chi connectivity index (χ2n) is 6.36. The van der Waals surface area contributed by atoms with Crippen LogP contribution in [0.2, 0.25) is 0 Å². The molecule has 0 unspecified atom stereocenters. The standard InChI is InChI=1S/C21H21N5O/c27-21(23-17-7-2-1-3-8-17)18-9-6-11-20(24-18)26-15-13-25(14-16-26)19-10-4-5-12-22-19/h1-12H,13-16H2,(H,23,27). The van der Waals surface area contributed by atoms with Gasteiger partial charge in [0.05, 0.1) is 0 Å². The van der Waals surface area contributed by atoms with E-state index in [1.165, 1.54) is 0 Å². The summed E-state index contributed by atoms with van der Waals surface area (Å²) in [6, 6.07) is 21.0. The molecule has 136 valence electrons. The number of amides is 1. The van der Waals surface area contributed by atoms with E-state index in [-0.39, 0.29) is 5.91 Å². The van der Waals surface area contributed by atoms with Gasteiger partial charge in [-0.15, -0.1) is 0 Å². The molecule has 6 nitrogen and oxygen atoms in total. The van der Waals surface area contributed by atoms with E-state index in [0.717, 1.165) is 43.5 Å². The number of para-hydroxylation sites is 1. The molecule has 1 amide bonds. The van der Waals surface area contributed by atoms with Crippen LogP contribution in [0.15, 0.2) is 72.9 Å². The first-order valence-electron chi connectivity index (χ1n) is 9.04. The monoisotopic (exact) mass is 359 g/mol. The van der Waals surface area contributed by atoms with Crippen molar-refractivity contribution in [2.45, 2.75) is 0 Å². The summed E-state index contributed by atoms with van der Waals surface area (Å²) in [5, 5.41) is 2.88. The molecule has 2 aromatic heterocycles. The summed E-state index contributed by atoms with van der Waals surface area (Å²) in [6.07, 6.45) is 1.82. The van der Waals surface area contributed by atoms with Crippen LogP contribution in [0.1, 0.15) is 10.5 Å². The van der Waals surface area contributed by atoms with Crippen molar-refractivity contribution in [3.8, 4) is 0 Å². The maximum Gasteiger partial charge on any atom is 0.274 e. The van der Waals surface area contributed by atoms with Crippen molar-refractivity contribution in [3.63, 3.8) is 0 Å². The van der Waals surface area contributed by atoms with Crippen molar-refractivity contribution in [2.75, 3.05) is 41.3 Å². The third-order valence-electron chi connectivity index (χ3n) is 4.58. The minimum absolute atomic E-state index is 0.199. The van der Waals surface area contributed by atoms with Crippen LogP contribution in [0.4, 0.5) is 17.3 Å². The molecule has 6 heteroatoms. The maximum absolute atomic E-state index is 12.5. The van der Waals surface area contributed by atoms with Crippen molar-refractivity contribution in [1.82, 2.24) is 9.97 Å².